The molecule has 0 bridgehead atoms. The van der Waals surface area contributed by atoms with Crippen molar-refractivity contribution in [3.05, 3.63) is 42.2 Å². The number of pyridine rings is 1. The first-order chi connectivity index (χ1) is 12.2. The molecule has 3 aromatic heterocycles. The summed E-state index contributed by atoms with van der Waals surface area (Å²) < 4.78 is 6.81. The molecule has 9 heteroatoms. The van der Waals surface area contributed by atoms with Crippen LogP contribution in [0, 0.1) is 22.7 Å². The zero-order valence-electron chi connectivity index (χ0n) is 13.3. The second-order valence-corrected chi connectivity index (χ2v) is 5.25. The summed E-state index contributed by atoms with van der Waals surface area (Å²) in [5, 5.41) is 34.2. The summed E-state index contributed by atoms with van der Waals surface area (Å²) in [5.74, 6) is 0.342. The van der Waals surface area contributed by atoms with E-state index >= 15 is 0 Å². The van der Waals surface area contributed by atoms with E-state index in [1.165, 1.54) is 12.4 Å². The topological polar surface area (TPSA) is 119 Å². The molecule has 0 unspecified atom stereocenters. The van der Waals surface area contributed by atoms with Gasteiger partial charge in [0.2, 0.25) is 0 Å². The standard InChI is InChI=1S/C16H13BN6O2/c1-10(6-18)22-14-5-13(20-9-16(14)25-17-24)15-3-2-12-4-11(7-19)8-21-23(12)15/h2-5,8-10,17,24H,1H3,(H,20,22)/t10-/m1/s1. The van der Waals surface area contributed by atoms with Crippen LogP contribution in [0.4, 0.5) is 5.69 Å². The fraction of sp³-hybridized carbons (Fsp3) is 0.125. The van der Waals surface area contributed by atoms with Gasteiger partial charge in [0.15, 0.2) is 0 Å². The van der Waals surface area contributed by atoms with Crippen molar-refractivity contribution in [2.75, 3.05) is 5.32 Å². The molecule has 0 aliphatic rings. The summed E-state index contributed by atoms with van der Waals surface area (Å²) in [5.41, 5.74) is 3.11. The van der Waals surface area contributed by atoms with Gasteiger partial charge in [0.25, 0.3) is 0 Å². The van der Waals surface area contributed by atoms with E-state index in [0.717, 1.165) is 11.2 Å². The zero-order chi connectivity index (χ0) is 17.8. The predicted molar refractivity (Wildman–Crippen MR) is 91.8 cm³/mol. The van der Waals surface area contributed by atoms with Crippen LogP contribution in [0.15, 0.2) is 36.7 Å². The highest BCUT2D eigenvalue weighted by Crippen LogP contribution is 2.29. The van der Waals surface area contributed by atoms with E-state index in [9.17, 15) is 0 Å². The molecule has 0 saturated carbocycles. The van der Waals surface area contributed by atoms with Crippen molar-refractivity contribution in [2.24, 2.45) is 0 Å². The SMILES string of the molecule is C[C@H](C#N)Nc1cc(-c2ccc3cc(C#N)cnn23)ncc1OBO. The largest absolute Gasteiger partial charge is 0.536 e. The summed E-state index contributed by atoms with van der Waals surface area (Å²) in [6.07, 6.45) is 2.96. The van der Waals surface area contributed by atoms with Gasteiger partial charge in [-0.15, -0.1) is 0 Å². The summed E-state index contributed by atoms with van der Waals surface area (Å²) in [4.78, 5) is 4.34. The van der Waals surface area contributed by atoms with Crippen LogP contribution in [0.2, 0.25) is 0 Å². The van der Waals surface area contributed by atoms with Gasteiger partial charge in [0, 0.05) is 0 Å². The Bertz CT molecular complexity index is 1000. The fourth-order valence-electron chi connectivity index (χ4n) is 2.40. The molecule has 0 aliphatic carbocycles. The Hall–Kier alpha value is -3.56. The van der Waals surface area contributed by atoms with Gasteiger partial charge in [-0.3, -0.25) is 4.98 Å². The lowest BCUT2D eigenvalue weighted by atomic mass is 10.2. The monoisotopic (exact) mass is 332 g/mol. The maximum atomic E-state index is 9.00. The van der Waals surface area contributed by atoms with Gasteiger partial charge in [0.05, 0.1) is 46.6 Å². The number of aromatic nitrogens is 3. The minimum absolute atomic E-state index is 0.342. The summed E-state index contributed by atoms with van der Waals surface area (Å²) in [6, 6.07) is 10.8. The van der Waals surface area contributed by atoms with Crippen LogP contribution in [0.1, 0.15) is 12.5 Å². The molecule has 3 rings (SSSR count). The van der Waals surface area contributed by atoms with E-state index < -0.39 is 13.7 Å². The Kier molecular flexibility index (Phi) is 4.51. The van der Waals surface area contributed by atoms with Crippen LogP contribution >= 0.6 is 0 Å². The number of hydrogen-bond acceptors (Lipinski definition) is 7. The van der Waals surface area contributed by atoms with E-state index in [0.29, 0.717) is 22.7 Å². The van der Waals surface area contributed by atoms with Gasteiger partial charge < -0.3 is 15.0 Å². The number of nitrogens with one attached hydrogen (secondary N) is 1. The summed E-state index contributed by atoms with van der Waals surface area (Å²) in [6.45, 7) is 1.71. The van der Waals surface area contributed by atoms with Crippen molar-refractivity contribution in [3.8, 4) is 29.3 Å². The van der Waals surface area contributed by atoms with Crippen molar-refractivity contribution in [1.29, 1.82) is 10.5 Å². The molecule has 8 nitrogen and oxygen atoms in total. The Labute approximate surface area is 144 Å². The van der Waals surface area contributed by atoms with Crippen LogP contribution < -0.4 is 9.97 Å². The quantitative estimate of drug-likeness (QED) is 0.674. The smallest absolute Gasteiger partial charge is 0.504 e. The van der Waals surface area contributed by atoms with Crippen LogP contribution in [-0.2, 0) is 0 Å². The van der Waals surface area contributed by atoms with Crippen molar-refractivity contribution in [1.82, 2.24) is 14.6 Å². The van der Waals surface area contributed by atoms with Crippen LogP contribution in [0.5, 0.6) is 5.75 Å². The maximum absolute atomic E-state index is 9.00. The van der Waals surface area contributed by atoms with Gasteiger partial charge in [-0.25, -0.2) is 4.52 Å². The highest BCUT2D eigenvalue weighted by Gasteiger charge is 2.13. The minimum atomic E-state index is -0.497. The van der Waals surface area contributed by atoms with E-state index in [2.05, 4.69) is 27.5 Å². The minimum Gasteiger partial charge on any atom is -0.536 e. The Morgan fingerprint density at radius 1 is 1.32 bits per heavy atom. The predicted octanol–water partition coefficient (Wildman–Crippen LogP) is 1.23. The van der Waals surface area contributed by atoms with Gasteiger partial charge in [-0.2, -0.15) is 15.6 Å². The molecule has 0 radical (unpaired) electrons. The van der Waals surface area contributed by atoms with Gasteiger partial charge in [-0.05, 0) is 31.2 Å². The summed E-state index contributed by atoms with van der Waals surface area (Å²) >= 11 is 0. The average molecular weight is 332 g/mol. The van der Waals surface area contributed by atoms with Crippen LogP contribution in [0.25, 0.3) is 16.9 Å². The zero-order valence-corrected chi connectivity index (χ0v) is 13.3. The number of anilines is 1. The van der Waals surface area contributed by atoms with Gasteiger partial charge >= 0.3 is 7.69 Å². The molecule has 2 N–H and O–H groups in total. The van der Waals surface area contributed by atoms with Crippen LogP contribution in [0.3, 0.4) is 0 Å². The molecule has 0 fully saturated rings. The molecular weight excluding hydrogens is 319 g/mol. The first kappa shape index (κ1) is 16.3. The third-order valence-electron chi connectivity index (χ3n) is 3.55. The number of hydrogen-bond donors (Lipinski definition) is 2. The molecule has 0 spiro atoms. The highest BCUT2D eigenvalue weighted by molar-refractivity contribution is 6.17. The lowest BCUT2D eigenvalue weighted by Crippen LogP contribution is -2.14. The van der Waals surface area contributed by atoms with Crippen molar-refractivity contribution < 1.29 is 9.68 Å². The number of nitriles is 2. The molecule has 0 aromatic carbocycles. The van der Waals surface area contributed by atoms with Crippen molar-refractivity contribution >= 4 is 18.9 Å². The molecule has 3 aromatic rings. The number of fused-ring (bicyclic) bond motifs is 1. The average Bonchev–Trinajstić information content (AvgIpc) is 3.06. The van der Waals surface area contributed by atoms with Crippen molar-refractivity contribution in [3.63, 3.8) is 0 Å². The molecule has 1 atom stereocenters. The number of nitrogens with zero attached hydrogens (tertiary/aromatic N) is 5. The third-order valence-corrected chi connectivity index (χ3v) is 3.55. The Balaban J connectivity index is 2.07. The van der Waals surface area contributed by atoms with E-state index in [1.807, 2.05) is 12.1 Å². The molecule has 0 amide bonds. The lowest BCUT2D eigenvalue weighted by Gasteiger charge is -2.14. The Morgan fingerprint density at radius 3 is 2.88 bits per heavy atom. The van der Waals surface area contributed by atoms with Gasteiger partial charge in [-0.1, -0.05) is 0 Å². The second kappa shape index (κ2) is 6.91. The van der Waals surface area contributed by atoms with E-state index in [-0.39, 0.29) is 0 Å². The molecule has 0 aliphatic heterocycles. The molecular formula is C16H13BN6O2. The highest BCUT2D eigenvalue weighted by atomic mass is 16.5. The number of rotatable bonds is 5. The Morgan fingerprint density at radius 2 is 2.16 bits per heavy atom. The molecule has 0 saturated heterocycles. The molecule has 3 heterocycles. The molecule has 122 valence electrons. The molecule has 25 heavy (non-hydrogen) atoms. The first-order valence-corrected chi connectivity index (χ1v) is 7.44. The van der Waals surface area contributed by atoms with Crippen molar-refractivity contribution in [2.45, 2.75) is 13.0 Å². The summed E-state index contributed by atoms with van der Waals surface area (Å²) in [7, 11) is -0.497. The second-order valence-electron chi connectivity index (χ2n) is 5.25. The normalized spacial score (nSPS) is 11.4. The van der Waals surface area contributed by atoms with Crippen LogP contribution in [-0.4, -0.2) is 33.3 Å². The van der Waals surface area contributed by atoms with Gasteiger partial charge in [0.1, 0.15) is 17.9 Å². The first-order valence-electron chi connectivity index (χ1n) is 7.44. The van der Waals surface area contributed by atoms with E-state index in [1.54, 1.807) is 23.6 Å². The maximum Gasteiger partial charge on any atom is 0.504 e. The third kappa shape index (κ3) is 3.22. The van der Waals surface area contributed by atoms with E-state index in [4.69, 9.17) is 20.2 Å². The lowest BCUT2D eigenvalue weighted by molar-refractivity contribution is 0.453. The fourth-order valence-corrected chi connectivity index (χ4v) is 2.40.